The Morgan fingerprint density at radius 1 is 1.27 bits per heavy atom. The molecule has 0 saturated carbocycles. The monoisotopic (exact) mass is 243 g/mol. The SMILES string of the molecule is CC(C)Cc1nc2c(Cl)ccc(Cl)c2o1. The minimum atomic E-state index is 0.496. The summed E-state index contributed by atoms with van der Waals surface area (Å²) in [6.45, 7) is 4.22. The molecule has 0 N–H and O–H groups in total. The molecule has 1 aromatic carbocycles. The Morgan fingerprint density at radius 3 is 2.53 bits per heavy atom. The molecule has 2 rings (SSSR count). The summed E-state index contributed by atoms with van der Waals surface area (Å²) in [5.74, 6) is 1.19. The molecule has 4 heteroatoms. The van der Waals surface area contributed by atoms with Gasteiger partial charge in [0.05, 0.1) is 10.0 Å². The molecule has 0 bridgehead atoms. The second kappa shape index (κ2) is 4.03. The molecule has 2 nitrogen and oxygen atoms in total. The van der Waals surface area contributed by atoms with E-state index in [0.29, 0.717) is 33.0 Å². The fraction of sp³-hybridized carbons (Fsp3) is 0.364. The highest BCUT2D eigenvalue weighted by Gasteiger charge is 2.12. The average Bonchev–Trinajstić information content (AvgIpc) is 2.55. The van der Waals surface area contributed by atoms with E-state index >= 15 is 0 Å². The minimum Gasteiger partial charge on any atom is -0.439 e. The molecule has 1 aromatic heterocycles. The Balaban J connectivity index is 2.54. The van der Waals surface area contributed by atoms with Crippen LogP contribution < -0.4 is 0 Å². The number of nitrogens with zero attached hydrogens (tertiary/aromatic N) is 1. The summed E-state index contributed by atoms with van der Waals surface area (Å²) in [7, 11) is 0. The molecule has 0 amide bonds. The predicted molar refractivity (Wildman–Crippen MR) is 62.6 cm³/mol. The minimum absolute atomic E-state index is 0.496. The first-order chi connectivity index (χ1) is 7.08. The van der Waals surface area contributed by atoms with Crippen molar-refractivity contribution in [2.75, 3.05) is 0 Å². The summed E-state index contributed by atoms with van der Waals surface area (Å²) < 4.78 is 5.56. The Kier molecular flexibility index (Phi) is 2.89. The molecule has 0 fully saturated rings. The van der Waals surface area contributed by atoms with E-state index in [9.17, 15) is 0 Å². The van der Waals surface area contributed by atoms with Gasteiger partial charge in [-0.25, -0.2) is 4.98 Å². The Labute approximate surface area is 98.2 Å². The molecule has 0 radical (unpaired) electrons. The van der Waals surface area contributed by atoms with Crippen LogP contribution in [0.1, 0.15) is 19.7 Å². The Morgan fingerprint density at radius 2 is 1.93 bits per heavy atom. The normalized spacial score (nSPS) is 11.5. The molecule has 0 aliphatic rings. The first-order valence-corrected chi connectivity index (χ1v) is 5.57. The van der Waals surface area contributed by atoms with Crippen LogP contribution in [0.4, 0.5) is 0 Å². The number of oxazole rings is 1. The third-order valence-corrected chi connectivity index (χ3v) is 2.68. The summed E-state index contributed by atoms with van der Waals surface area (Å²) in [6, 6.07) is 3.45. The van der Waals surface area contributed by atoms with Crippen molar-refractivity contribution in [1.29, 1.82) is 0 Å². The van der Waals surface area contributed by atoms with Gasteiger partial charge in [0.25, 0.3) is 0 Å². The van der Waals surface area contributed by atoms with Crippen molar-refractivity contribution in [2.24, 2.45) is 5.92 Å². The van der Waals surface area contributed by atoms with Crippen molar-refractivity contribution >= 4 is 34.3 Å². The number of fused-ring (bicyclic) bond motifs is 1. The molecule has 0 aliphatic carbocycles. The van der Waals surface area contributed by atoms with Gasteiger partial charge >= 0.3 is 0 Å². The molecule has 0 atom stereocenters. The third-order valence-electron chi connectivity index (χ3n) is 2.07. The fourth-order valence-corrected chi connectivity index (χ4v) is 1.81. The van der Waals surface area contributed by atoms with Crippen LogP contribution in [0.5, 0.6) is 0 Å². The van der Waals surface area contributed by atoms with Crippen LogP contribution in [0.2, 0.25) is 10.0 Å². The second-order valence-corrected chi connectivity index (χ2v) is 4.73. The Hall–Kier alpha value is -0.730. The predicted octanol–water partition coefficient (Wildman–Crippen LogP) is 4.33. The zero-order valence-corrected chi connectivity index (χ0v) is 10.1. The summed E-state index contributed by atoms with van der Waals surface area (Å²) >= 11 is 12.0. The Bertz CT molecular complexity index is 452. The van der Waals surface area contributed by atoms with Gasteiger partial charge in [-0.2, -0.15) is 0 Å². The number of rotatable bonds is 2. The maximum atomic E-state index is 6.00. The number of halogens is 2. The van der Waals surface area contributed by atoms with E-state index in [2.05, 4.69) is 18.8 Å². The van der Waals surface area contributed by atoms with Gasteiger partial charge in [0.15, 0.2) is 11.5 Å². The molecule has 80 valence electrons. The number of aromatic nitrogens is 1. The van der Waals surface area contributed by atoms with E-state index in [4.69, 9.17) is 27.6 Å². The molecule has 15 heavy (non-hydrogen) atoms. The van der Waals surface area contributed by atoms with E-state index in [1.165, 1.54) is 0 Å². The summed E-state index contributed by atoms with van der Waals surface area (Å²) in [5, 5.41) is 1.13. The van der Waals surface area contributed by atoms with Gasteiger partial charge in [0, 0.05) is 6.42 Å². The van der Waals surface area contributed by atoms with E-state index in [1.54, 1.807) is 12.1 Å². The van der Waals surface area contributed by atoms with Crippen LogP contribution in [0.25, 0.3) is 11.1 Å². The second-order valence-electron chi connectivity index (χ2n) is 3.91. The highest BCUT2D eigenvalue weighted by Crippen LogP contribution is 2.30. The molecular weight excluding hydrogens is 233 g/mol. The van der Waals surface area contributed by atoms with Gasteiger partial charge in [-0.1, -0.05) is 37.0 Å². The summed E-state index contributed by atoms with van der Waals surface area (Å²) in [4.78, 5) is 4.33. The fourth-order valence-electron chi connectivity index (χ4n) is 1.43. The lowest BCUT2D eigenvalue weighted by molar-refractivity contribution is 0.482. The van der Waals surface area contributed by atoms with E-state index in [0.717, 1.165) is 6.42 Å². The van der Waals surface area contributed by atoms with Gasteiger partial charge in [-0.05, 0) is 18.1 Å². The van der Waals surface area contributed by atoms with Crippen molar-refractivity contribution in [3.8, 4) is 0 Å². The van der Waals surface area contributed by atoms with Crippen molar-refractivity contribution in [1.82, 2.24) is 4.98 Å². The molecule has 0 spiro atoms. The van der Waals surface area contributed by atoms with Crippen LogP contribution in [-0.4, -0.2) is 4.98 Å². The molecule has 1 heterocycles. The highest BCUT2D eigenvalue weighted by molar-refractivity contribution is 6.39. The van der Waals surface area contributed by atoms with E-state index in [1.807, 2.05) is 0 Å². The standard InChI is InChI=1S/C11H11Cl2NO/c1-6(2)5-9-14-10-7(12)3-4-8(13)11(10)15-9/h3-4,6H,5H2,1-2H3. The molecule has 2 aromatic rings. The molecule has 0 unspecified atom stereocenters. The topological polar surface area (TPSA) is 26.0 Å². The van der Waals surface area contributed by atoms with Crippen molar-refractivity contribution in [3.05, 3.63) is 28.1 Å². The van der Waals surface area contributed by atoms with Crippen LogP contribution in [0.3, 0.4) is 0 Å². The van der Waals surface area contributed by atoms with Crippen LogP contribution in [0.15, 0.2) is 16.5 Å². The third kappa shape index (κ3) is 2.11. The quantitative estimate of drug-likeness (QED) is 0.785. The van der Waals surface area contributed by atoms with Crippen LogP contribution in [0, 0.1) is 5.92 Å². The maximum Gasteiger partial charge on any atom is 0.195 e. The zero-order valence-electron chi connectivity index (χ0n) is 8.55. The van der Waals surface area contributed by atoms with Gasteiger partial charge < -0.3 is 4.42 Å². The van der Waals surface area contributed by atoms with E-state index in [-0.39, 0.29) is 0 Å². The van der Waals surface area contributed by atoms with Crippen molar-refractivity contribution in [2.45, 2.75) is 20.3 Å². The molecule has 0 aliphatic heterocycles. The van der Waals surface area contributed by atoms with Crippen LogP contribution in [-0.2, 0) is 6.42 Å². The van der Waals surface area contributed by atoms with Gasteiger partial charge in [-0.3, -0.25) is 0 Å². The van der Waals surface area contributed by atoms with Crippen LogP contribution >= 0.6 is 23.2 Å². The smallest absolute Gasteiger partial charge is 0.195 e. The first-order valence-electron chi connectivity index (χ1n) is 4.81. The highest BCUT2D eigenvalue weighted by atomic mass is 35.5. The van der Waals surface area contributed by atoms with E-state index < -0.39 is 0 Å². The number of hydrogen-bond donors (Lipinski definition) is 0. The average molecular weight is 244 g/mol. The number of hydrogen-bond acceptors (Lipinski definition) is 2. The van der Waals surface area contributed by atoms with Gasteiger partial charge in [0.2, 0.25) is 0 Å². The lowest BCUT2D eigenvalue weighted by Crippen LogP contribution is -1.93. The molecule has 0 saturated heterocycles. The van der Waals surface area contributed by atoms with Gasteiger partial charge in [-0.15, -0.1) is 0 Å². The lowest BCUT2D eigenvalue weighted by Gasteiger charge is -1.97. The largest absolute Gasteiger partial charge is 0.439 e. The number of benzene rings is 1. The zero-order chi connectivity index (χ0) is 11.0. The van der Waals surface area contributed by atoms with Gasteiger partial charge in [0.1, 0.15) is 5.52 Å². The first kappa shape index (κ1) is 10.8. The lowest BCUT2D eigenvalue weighted by atomic mass is 10.1. The summed E-state index contributed by atoms with van der Waals surface area (Å²) in [6.07, 6.45) is 0.793. The molecular formula is C11H11Cl2NO. The maximum absolute atomic E-state index is 6.00. The summed E-state index contributed by atoms with van der Waals surface area (Å²) in [5.41, 5.74) is 1.24. The van der Waals surface area contributed by atoms with Crippen molar-refractivity contribution in [3.63, 3.8) is 0 Å². The van der Waals surface area contributed by atoms with Crippen molar-refractivity contribution < 1.29 is 4.42 Å².